The average molecular weight is 589 g/mol. The molecule has 0 saturated heterocycles. The minimum atomic E-state index is -4.97. The van der Waals surface area contributed by atoms with E-state index < -0.39 is 34.8 Å². The number of fused-ring (bicyclic) bond motifs is 1. The van der Waals surface area contributed by atoms with E-state index in [1.54, 1.807) is 38.1 Å². The fourth-order valence-corrected chi connectivity index (χ4v) is 6.54. The SMILES string of the molecule is CCOC(=O)c1cc2cc(OCc3ccccc3)ccc2n1CC(NS(=O)(=O)c1c(C)cc(C)cc1C)C(F)(F)F. The van der Waals surface area contributed by atoms with Gasteiger partial charge in [0.05, 0.1) is 11.5 Å². The molecular weight excluding hydrogens is 557 g/mol. The van der Waals surface area contributed by atoms with Gasteiger partial charge in [-0.05, 0) is 68.7 Å². The number of benzene rings is 3. The van der Waals surface area contributed by atoms with Gasteiger partial charge in [-0.1, -0.05) is 48.0 Å². The summed E-state index contributed by atoms with van der Waals surface area (Å²) in [5, 5.41) is 0.438. The van der Waals surface area contributed by atoms with Crippen LogP contribution in [0.5, 0.6) is 5.75 Å². The summed E-state index contributed by atoms with van der Waals surface area (Å²) in [6.45, 7) is 5.81. The number of hydrogen-bond donors (Lipinski definition) is 1. The summed E-state index contributed by atoms with van der Waals surface area (Å²) in [6.07, 6.45) is -4.97. The van der Waals surface area contributed by atoms with Crippen molar-refractivity contribution in [3.8, 4) is 5.75 Å². The van der Waals surface area contributed by atoms with Crippen LogP contribution in [0, 0.1) is 20.8 Å². The van der Waals surface area contributed by atoms with Gasteiger partial charge in [-0.2, -0.15) is 17.9 Å². The van der Waals surface area contributed by atoms with Crippen molar-refractivity contribution in [2.75, 3.05) is 6.61 Å². The number of alkyl halides is 3. The standard InChI is InChI=1S/C30H31F3N2O5S/c1-5-39-29(36)26-16-23-15-24(40-18-22-9-7-6-8-10-22)11-12-25(23)35(26)17-27(30(31,32)33)34-41(37,38)28-20(3)13-19(2)14-21(28)4/h6-16,27,34H,5,17-18H2,1-4H3. The maximum atomic E-state index is 14.4. The molecule has 1 aromatic heterocycles. The highest BCUT2D eigenvalue weighted by atomic mass is 32.2. The zero-order valence-electron chi connectivity index (χ0n) is 23.1. The summed E-state index contributed by atoms with van der Waals surface area (Å²) >= 11 is 0. The third-order valence-electron chi connectivity index (χ3n) is 6.54. The van der Waals surface area contributed by atoms with Gasteiger partial charge in [-0.15, -0.1) is 0 Å². The van der Waals surface area contributed by atoms with Crippen molar-refractivity contribution in [1.29, 1.82) is 0 Å². The Bertz CT molecular complexity index is 1640. The van der Waals surface area contributed by atoms with Gasteiger partial charge in [0.15, 0.2) is 0 Å². The number of ether oxygens (including phenoxy) is 2. The van der Waals surface area contributed by atoms with Crippen LogP contribution in [-0.2, 0) is 27.9 Å². The summed E-state index contributed by atoms with van der Waals surface area (Å²) in [4.78, 5) is 12.6. The predicted octanol–water partition coefficient (Wildman–Crippen LogP) is 6.23. The van der Waals surface area contributed by atoms with Gasteiger partial charge >= 0.3 is 12.1 Å². The highest BCUT2D eigenvalue weighted by molar-refractivity contribution is 7.89. The summed E-state index contributed by atoms with van der Waals surface area (Å²) in [7, 11) is -4.58. The van der Waals surface area contributed by atoms with Crippen LogP contribution in [0.15, 0.2) is 71.6 Å². The van der Waals surface area contributed by atoms with Gasteiger partial charge < -0.3 is 14.0 Å². The Kier molecular flexibility index (Phi) is 8.79. The van der Waals surface area contributed by atoms with E-state index in [1.807, 2.05) is 35.1 Å². The summed E-state index contributed by atoms with van der Waals surface area (Å²) in [6, 6.07) is 16.2. The lowest BCUT2D eigenvalue weighted by molar-refractivity contribution is -0.154. The first-order valence-electron chi connectivity index (χ1n) is 12.9. The van der Waals surface area contributed by atoms with Gasteiger partial charge in [-0.25, -0.2) is 13.2 Å². The molecule has 0 radical (unpaired) electrons. The molecule has 0 aliphatic carbocycles. The molecular formula is C30H31F3N2O5S. The van der Waals surface area contributed by atoms with E-state index in [0.717, 1.165) is 15.7 Å². The van der Waals surface area contributed by atoms with Crippen LogP contribution in [0.4, 0.5) is 13.2 Å². The van der Waals surface area contributed by atoms with E-state index in [2.05, 4.69) is 0 Å². The molecule has 0 saturated carbocycles. The number of esters is 1. The van der Waals surface area contributed by atoms with Crippen molar-refractivity contribution >= 4 is 26.9 Å². The predicted molar refractivity (Wildman–Crippen MR) is 149 cm³/mol. The second-order valence-corrected chi connectivity index (χ2v) is 11.4. The van der Waals surface area contributed by atoms with Crippen LogP contribution in [0.3, 0.4) is 0 Å². The highest BCUT2D eigenvalue weighted by Crippen LogP contribution is 2.31. The van der Waals surface area contributed by atoms with Gasteiger partial charge in [0.2, 0.25) is 10.0 Å². The van der Waals surface area contributed by atoms with Crippen LogP contribution in [-0.4, -0.2) is 37.8 Å². The maximum Gasteiger partial charge on any atom is 0.406 e. The molecule has 0 amide bonds. The van der Waals surface area contributed by atoms with Gasteiger partial charge in [-0.3, -0.25) is 0 Å². The molecule has 1 N–H and O–H groups in total. The number of carbonyl (C=O) groups is 1. The van der Waals surface area contributed by atoms with Gasteiger partial charge in [0, 0.05) is 17.4 Å². The molecule has 7 nitrogen and oxygen atoms in total. The summed E-state index contributed by atoms with van der Waals surface area (Å²) in [5.41, 5.74) is 2.53. The largest absolute Gasteiger partial charge is 0.489 e. The van der Waals surface area contributed by atoms with E-state index in [9.17, 15) is 26.4 Å². The van der Waals surface area contributed by atoms with Gasteiger partial charge in [0.25, 0.3) is 0 Å². The van der Waals surface area contributed by atoms with E-state index in [0.29, 0.717) is 22.3 Å². The van der Waals surface area contributed by atoms with Crippen molar-refractivity contribution in [2.24, 2.45) is 0 Å². The molecule has 0 aliphatic rings. The van der Waals surface area contributed by atoms with Crippen molar-refractivity contribution in [3.05, 3.63) is 94.7 Å². The topological polar surface area (TPSA) is 86.6 Å². The van der Waals surface area contributed by atoms with Crippen molar-refractivity contribution in [2.45, 2.75) is 58.0 Å². The number of halogens is 3. The van der Waals surface area contributed by atoms with Gasteiger partial charge in [0.1, 0.15) is 24.1 Å². The first-order valence-corrected chi connectivity index (χ1v) is 14.4. The molecule has 4 rings (SSSR count). The van der Waals surface area contributed by atoms with E-state index in [4.69, 9.17) is 9.47 Å². The number of rotatable bonds is 10. The Morgan fingerprint density at radius 3 is 2.24 bits per heavy atom. The van der Waals surface area contributed by atoms with Crippen LogP contribution in [0.2, 0.25) is 0 Å². The van der Waals surface area contributed by atoms with E-state index in [-0.39, 0.29) is 29.3 Å². The molecule has 0 spiro atoms. The fourth-order valence-electron chi connectivity index (χ4n) is 4.88. The second kappa shape index (κ2) is 12.0. The molecule has 0 aliphatic heterocycles. The van der Waals surface area contributed by atoms with E-state index in [1.165, 1.54) is 26.0 Å². The first kappa shape index (κ1) is 30.1. The second-order valence-electron chi connectivity index (χ2n) is 9.80. The molecule has 218 valence electrons. The molecule has 1 unspecified atom stereocenters. The molecule has 0 bridgehead atoms. The lowest BCUT2D eigenvalue weighted by Gasteiger charge is -2.24. The van der Waals surface area contributed by atoms with Crippen molar-refractivity contribution < 1.29 is 35.9 Å². The smallest absolute Gasteiger partial charge is 0.406 e. The van der Waals surface area contributed by atoms with Crippen molar-refractivity contribution in [3.63, 3.8) is 0 Å². The molecule has 1 atom stereocenters. The molecule has 11 heteroatoms. The molecule has 1 heterocycles. The Balaban J connectivity index is 1.72. The Hall–Kier alpha value is -3.83. The number of nitrogens with zero attached hydrogens (tertiary/aromatic N) is 1. The number of nitrogens with one attached hydrogen (secondary N) is 1. The molecule has 41 heavy (non-hydrogen) atoms. The maximum absolute atomic E-state index is 14.4. The van der Waals surface area contributed by atoms with Crippen LogP contribution in [0.25, 0.3) is 10.9 Å². The van der Waals surface area contributed by atoms with Crippen molar-refractivity contribution in [1.82, 2.24) is 9.29 Å². The molecule has 0 fully saturated rings. The van der Waals surface area contributed by atoms with Crippen LogP contribution in [0.1, 0.15) is 39.7 Å². The summed E-state index contributed by atoms with van der Waals surface area (Å²) in [5.74, 6) is -0.378. The lowest BCUT2D eigenvalue weighted by Crippen LogP contribution is -2.48. The minimum Gasteiger partial charge on any atom is -0.489 e. The third-order valence-corrected chi connectivity index (χ3v) is 8.31. The first-order chi connectivity index (χ1) is 19.3. The average Bonchev–Trinajstić information content (AvgIpc) is 3.24. The zero-order chi connectivity index (χ0) is 29.9. The van der Waals surface area contributed by atoms with Crippen LogP contribution >= 0.6 is 0 Å². The highest BCUT2D eigenvalue weighted by Gasteiger charge is 2.43. The number of hydrogen-bond acceptors (Lipinski definition) is 5. The lowest BCUT2D eigenvalue weighted by atomic mass is 10.1. The fraction of sp³-hybridized carbons (Fsp3) is 0.300. The number of carbonyl (C=O) groups excluding carboxylic acids is 1. The summed E-state index contributed by atoms with van der Waals surface area (Å²) < 4.78 is 83.5. The number of aryl methyl sites for hydroxylation is 3. The third kappa shape index (κ3) is 6.91. The minimum absolute atomic E-state index is 0.00705. The number of aromatic nitrogens is 1. The molecule has 4 aromatic rings. The number of sulfonamides is 1. The Labute approximate surface area is 236 Å². The molecule has 3 aromatic carbocycles. The monoisotopic (exact) mass is 588 g/mol. The Morgan fingerprint density at radius 1 is 0.976 bits per heavy atom. The Morgan fingerprint density at radius 2 is 1.63 bits per heavy atom. The van der Waals surface area contributed by atoms with E-state index >= 15 is 0 Å². The zero-order valence-corrected chi connectivity index (χ0v) is 23.9. The quantitative estimate of drug-likeness (QED) is 0.222. The normalized spacial score (nSPS) is 12.9. The van der Waals surface area contributed by atoms with Crippen LogP contribution < -0.4 is 9.46 Å².